The van der Waals surface area contributed by atoms with Crippen molar-refractivity contribution in [1.82, 2.24) is 4.98 Å². The molecule has 2 aromatic rings. The highest BCUT2D eigenvalue weighted by atomic mass is 16.2. The van der Waals surface area contributed by atoms with Gasteiger partial charge in [-0.25, -0.2) is 4.98 Å². The molecule has 0 bridgehead atoms. The number of benzene rings is 1. The van der Waals surface area contributed by atoms with Gasteiger partial charge in [-0.15, -0.1) is 0 Å². The summed E-state index contributed by atoms with van der Waals surface area (Å²) in [5.74, 6) is 0.672. The van der Waals surface area contributed by atoms with Crippen molar-refractivity contribution in [3.8, 4) is 0 Å². The smallest absolute Gasteiger partial charge is 0.258 e. The van der Waals surface area contributed by atoms with Gasteiger partial charge < -0.3 is 10.2 Å². The molecule has 1 amide bonds. The summed E-state index contributed by atoms with van der Waals surface area (Å²) in [6.45, 7) is 4.80. The molecule has 20 heavy (non-hydrogen) atoms. The standard InChI is InChI=1S/C16H19N3O/c1-4-17-15-11-13(9-10-18-15)16(20)19(3)14-7-5-12(2)6-8-14/h5-11H,4H2,1-3H3,(H,17,18). The van der Waals surface area contributed by atoms with E-state index >= 15 is 0 Å². The van der Waals surface area contributed by atoms with Crippen molar-refractivity contribution in [3.63, 3.8) is 0 Å². The number of nitrogens with one attached hydrogen (secondary N) is 1. The van der Waals surface area contributed by atoms with E-state index in [0.717, 1.165) is 18.1 Å². The van der Waals surface area contributed by atoms with E-state index in [0.29, 0.717) is 5.56 Å². The third kappa shape index (κ3) is 3.15. The van der Waals surface area contributed by atoms with Gasteiger partial charge in [-0.1, -0.05) is 17.7 Å². The van der Waals surface area contributed by atoms with Crippen LogP contribution in [0.1, 0.15) is 22.8 Å². The number of anilines is 2. The lowest BCUT2D eigenvalue weighted by Crippen LogP contribution is -2.26. The molecule has 1 heterocycles. The number of hydrogen-bond donors (Lipinski definition) is 1. The van der Waals surface area contributed by atoms with Gasteiger partial charge in [0.2, 0.25) is 0 Å². The minimum absolute atomic E-state index is 0.0459. The first-order valence-corrected chi connectivity index (χ1v) is 6.66. The van der Waals surface area contributed by atoms with Crippen LogP contribution in [0.25, 0.3) is 0 Å². The molecule has 0 fully saturated rings. The Morgan fingerprint density at radius 3 is 2.60 bits per heavy atom. The van der Waals surface area contributed by atoms with Crippen LogP contribution in [0.2, 0.25) is 0 Å². The number of aromatic nitrogens is 1. The largest absolute Gasteiger partial charge is 0.370 e. The monoisotopic (exact) mass is 269 g/mol. The first-order chi connectivity index (χ1) is 9.61. The molecule has 0 aliphatic heterocycles. The summed E-state index contributed by atoms with van der Waals surface area (Å²) in [6, 6.07) is 11.4. The number of hydrogen-bond acceptors (Lipinski definition) is 3. The Morgan fingerprint density at radius 1 is 1.25 bits per heavy atom. The highest BCUT2D eigenvalue weighted by Gasteiger charge is 2.13. The molecule has 104 valence electrons. The number of nitrogens with zero attached hydrogens (tertiary/aromatic N) is 2. The van der Waals surface area contributed by atoms with Gasteiger partial charge in [-0.2, -0.15) is 0 Å². The van der Waals surface area contributed by atoms with Gasteiger partial charge in [0.05, 0.1) is 0 Å². The fourth-order valence-electron chi connectivity index (χ4n) is 1.92. The first kappa shape index (κ1) is 14.1. The summed E-state index contributed by atoms with van der Waals surface area (Å²) in [6.07, 6.45) is 1.65. The lowest BCUT2D eigenvalue weighted by atomic mass is 10.2. The predicted octanol–water partition coefficient (Wildman–Crippen LogP) is 3.10. The van der Waals surface area contributed by atoms with Crippen LogP contribution in [0.15, 0.2) is 42.6 Å². The van der Waals surface area contributed by atoms with Crippen molar-refractivity contribution < 1.29 is 4.79 Å². The van der Waals surface area contributed by atoms with E-state index in [2.05, 4.69) is 10.3 Å². The number of rotatable bonds is 4. The average Bonchev–Trinajstić information content (AvgIpc) is 2.47. The number of amides is 1. The van der Waals surface area contributed by atoms with Crippen LogP contribution < -0.4 is 10.2 Å². The van der Waals surface area contributed by atoms with E-state index in [4.69, 9.17) is 0 Å². The summed E-state index contributed by atoms with van der Waals surface area (Å²) >= 11 is 0. The van der Waals surface area contributed by atoms with Crippen molar-refractivity contribution in [2.24, 2.45) is 0 Å². The molecule has 0 aliphatic rings. The van der Waals surface area contributed by atoms with Crippen LogP contribution in [-0.4, -0.2) is 24.5 Å². The highest BCUT2D eigenvalue weighted by Crippen LogP contribution is 2.17. The molecule has 0 atom stereocenters. The van der Waals surface area contributed by atoms with Crippen LogP contribution in [-0.2, 0) is 0 Å². The van der Waals surface area contributed by atoms with Crippen molar-refractivity contribution in [2.45, 2.75) is 13.8 Å². The molecule has 2 rings (SSSR count). The Bertz CT molecular complexity index is 593. The minimum atomic E-state index is -0.0459. The van der Waals surface area contributed by atoms with Gasteiger partial charge in [0.15, 0.2) is 0 Å². The van der Waals surface area contributed by atoms with E-state index in [1.165, 1.54) is 5.56 Å². The number of pyridine rings is 1. The zero-order chi connectivity index (χ0) is 14.5. The molecule has 0 saturated heterocycles. The fraction of sp³-hybridized carbons (Fsp3) is 0.250. The normalized spacial score (nSPS) is 10.2. The maximum atomic E-state index is 12.5. The number of carbonyl (C=O) groups is 1. The molecular weight excluding hydrogens is 250 g/mol. The van der Waals surface area contributed by atoms with Gasteiger partial charge in [-0.3, -0.25) is 4.79 Å². The predicted molar refractivity (Wildman–Crippen MR) is 82.3 cm³/mol. The SMILES string of the molecule is CCNc1cc(C(=O)N(C)c2ccc(C)cc2)ccn1. The van der Waals surface area contributed by atoms with Crippen molar-refractivity contribution in [1.29, 1.82) is 0 Å². The maximum absolute atomic E-state index is 12.5. The molecule has 1 aromatic heterocycles. The zero-order valence-corrected chi connectivity index (χ0v) is 12.1. The van der Waals surface area contributed by atoms with Gasteiger partial charge in [0, 0.05) is 31.0 Å². The summed E-state index contributed by atoms with van der Waals surface area (Å²) in [4.78, 5) is 18.3. The Morgan fingerprint density at radius 2 is 1.95 bits per heavy atom. The zero-order valence-electron chi connectivity index (χ0n) is 12.1. The second kappa shape index (κ2) is 6.19. The van der Waals surface area contributed by atoms with E-state index in [-0.39, 0.29) is 5.91 Å². The van der Waals surface area contributed by atoms with E-state index < -0.39 is 0 Å². The third-order valence-corrected chi connectivity index (χ3v) is 3.09. The third-order valence-electron chi connectivity index (χ3n) is 3.09. The quantitative estimate of drug-likeness (QED) is 0.927. The molecule has 1 N–H and O–H groups in total. The topological polar surface area (TPSA) is 45.2 Å². The Hall–Kier alpha value is -2.36. The van der Waals surface area contributed by atoms with Crippen molar-refractivity contribution >= 4 is 17.4 Å². The Balaban J connectivity index is 2.21. The van der Waals surface area contributed by atoms with Crippen molar-refractivity contribution in [2.75, 3.05) is 23.8 Å². The number of aryl methyl sites for hydroxylation is 1. The summed E-state index contributed by atoms with van der Waals surface area (Å²) < 4.78 is 0. The van der Waals surface area contributed by atoms with Crippen LogP contribution in [0.3, 0.4) is 0 Å². The molecule has 4 nitrogen and oxygen atoms in total. The lowest BCUT2D eigenvalue weighted by molar-refractivity contribution is 0.0993. The second-order valence-corrected chi connectivity index (χ2v) is 4.66. The molecule has 1 aromatic carbocycles. The van der Waals surface area contributed by atoms with Gasteiger partial charge in [0.25, 0.3) is 5.91 Å². The van der Waals surface area contributed by atoms with E-state index in [1.807, 2.05) is 38.1 Å². The lowest BCUT2D eigenvalue weighted by Gasteiger charge is -2.18. The molecule has 0 saturated carbocycles. The van der Waals surface area contributed by atoms with Crippen LogP contribution in [0.4, 0.5) is 11.5 Å². The average molecular weight is 269 g/mol. The molecular formula is C16H19N3O. The van der Waals surface area contributed by atoms with Gasteiger partial charge in [0.1, 0.15) is 5.82 Å². The molecule has 0 radical (unpaired) electrons. The van der Waals surface area contributed by atoms with Crippen LogP contribution in [0, 0.1) is 6.92 Å². The van der Waals surface area contributed by atoms with E-state index in [1.54, 1.807) is 30.3 Å². The maximum Gasteiger partial charge on any atom is 0.258 e. The second-order valence-electron chi connectivity index (χ2n) is 4.66. The summed E-state index contributed by atoms with van der Waals surface area (Å²) in [7, 11) is 1.78. The van der Waals surface area contributed by atoms with Crippen molar-refractivity contribution in [3.05, 3.63) is 53.7 Å². The van der Waals surface area contributed by atoms with Crippen LogP contribution >= 0.6 is 0 Å². The molecule has 0 unspecified atom stereocenters. The minimum Gasteiger partial charge on any atom is -0.370 e. The molecule has 0 spiro atoms. The van der Waals surface area contributed by atoms with Gasteiger partial charge >= 0.3 is 0 Å². The fourth-order valence-corrected chi connectivity index (χ4v) is 1.92. The Labute approximate surface area is 119 Å². The first-order valence-electron chi connectivity index (χ1n) is 6.66. The van der Waals surface area contributed by atoms with E-state index in [9.17, 15) is 4.79 Å². The highest BCUT2D eigenvalue weighted by molar-refractivity contribution is 6.06. The van der Waals surface area contributed by atoms with Crippen LogP contribution in [0.5, 0.6) is 0 Å². The summed E-state index contributed by atoms with van der Waals surface area (Å²) in [5.41, 5.74) is 2.68. The molecule has 0 aliphatic carbocycles. The summed E-state index contributed by atoms with van der Waals surface area (Å²) in [5, 5.41) is 3.11. The molecule has 4 heteroatoms. The van der Waals surface area contributed by atoms with Gasteiger partial charge in [-0.05, 0) is 38.1 Å². The number of carbonyl (C=O) groups excluding carboxylic acids is 1. The Kier molecular flexibility index (Phi) is 4.35.